The van der Waals surface area contributed by atoms with E-state index in [1.165, 1.54) is 0 Å². The highest BCUT2D eigenvalue weighted by molar-refractivity contribution is 6.31. The van der Waals surface area contributed by atoms with Crippen molar-refractivity contribution in [3.8, 4) is 17.2 Å². The maximum absolute atomic E-state index is 11.9. The monoisotopic (exact) mass is 347 g/mol. The number of rotatable bonds is 5. The van der Waals surface area contributed by atoms with Gasteiger partial charge in [0.25, 0.3) is 5.91 Å². The van der Waals surface area contributed by atoms with Gasteiger partial charge in [-0.15, -0.1) is 0 Å². The molecular weight excluding hydrogens is 330 g/mol. The van der Waals surface area contributed by atoms with Gasteiger partial charge in [-0.1, -0.05) is 23.7 Å². The minimum atomic E-state index is -0.221. The van der Waals surface area contributed by atoms with Crippen LogP contribution in [0.3, 0.4) is 0 Å². The molecule has 2 aromatic rings. The van der Waals surface area contributed by atoms with Crippen molar-refractivity contribution in [3.05, 3.63) is 53.1 Å². The summed E-state index contributed by atoms with van der Waals surface area (Å²) in [6.07, 6.45) is -0.221. The molecule has 126 valence electrons. The molecule has 1 amide bonds. The first-order valence-corrected chi connectivity index (χ1v) is 8.04. The molecule has 2 aromatic carbocycles. The first kappa shape index (κ1) is 16.5. The number of para-hydroxylation sites is 2. The number of benzene rings is 2. The Labute approximate surface area is 145 Å². The molecule has 1 heterocycles. The highest BCUT2D eigenvalue weighted by Gasteiger charge is 2.21. The third-order valence-electron chi connectivity index (χ3n) is 3.59. The molecule has 24 heavy (non-hydrogen) atoms. The third-order valence-corrected chi connectivity index (χ3v) is 4.02. The Bertz CT molecular complexity index is 735. The van der Waals surface area contributed by atoms with Crippen LogP contribution in [-0.4, -0.2) is 31.8 Å². The number of halogens is 1. The van der Waals surface area contributed by atoms with E-state index in [0.717, 1.165) is 11.3 Å². The zero-order valence-corrected chi connectivity index (χ0v) is 14.0. The SMILES string of the molecule is Cc1cc(OCC(=O)NC[C@@H]2COc3ccccc3O2)ccc1Cl. The van der Waals surface area contributed by atoms with E-state index in [2.05, 4.69) is 5.32 Å². The predicted molar refractivity (Wildman–Crippen MR) is 91.0 cm³/mol. The van der Waals surface area contributed by atoms with Crippen molar-refractivity contribution in [1.82, 2.24) is 5.32 Å². The molecule has 0 saturated carbocycles. The number of ether oxygens (including phenoxy) is 3. The minimum Gasteiger partial charge on any atom is -0.486 e. The molecule has 1 aliphatic rings. The van der Waals surface area contributed by atoms with Crippen molar-refractivity contribution in [3.63, 3.8) is 0 Å². The average molecular weight is 348 g/mol. The van der Waals surface area contributed by atoms with Gasteiger partial charge in [-0.3, -0.25) is 4.79 Å². The molecule has 6 heteroatoms. The summed E-state index contributed by atoms with van der Waals surface area (Å²) in [5.74, 6) is 1.81. The summed E-state index contributed by atoms with van der Waals surface area (Å²) in [6, 6.07) is 12.7. The summed E-state index contributed by atoms with van der Waals surface area (Å²) in [4.78, 5) is 11.9. The number of hydrogen-bond donors (Lipinski definition) is 1. The lowest BCUT2D eigenvalue weighted by Gasteiger charge is -2.26. The van der Waals surface area contributed by atoms with Gasteiger partial charge in [0, 0.05) is 5.02 Å². The molecule has 0 unspecified atom stereocenters. The van der Waals surface area contributed by atoms with E-state index in [-0.39, 0.29) is 18.6 Å². The molecule has 0 aliphatic carbocycles. The second-order valence-electron chi connectivity index (χ2n) is 5.50. The van der Waals surface area contributed by atoms with Crippen LogP contribution in [0.25, 0.3) is 0 Å². The summed E-state index contributed by atoms with van der Waals surface area (Å²) < 4.78 is 16.8. The van der Waals surface area contributed by atoms with Crippen LogP contribution < -0.4 is 19.5 Å². The van der Waals surface area contributed by atoms with E-state index >= 15 is 0 Å². The van der Waals surface area contributed by atoms with Gasteiger partial charge in [0.15, 0.2) is 18.1 Å². The van der Waals surface area contributed by atoms with E-state index in [4.69, 9.17) is 25.8 Å². The van der Waals surface area contributed by atoms with E-state index in [1.54, 1.807) is 18.2 Å². The van der Waals surface area contributed by atoms with Crippen LogP contribution in [0.15, 0.2) is 42.5 Å². The van der Waals surface area contributed by atoms with E-state index in [0.29, 0.717) is 29.7 Å². The number of carbonyl (C=O) groups is 1. The molecule has 0 bridgehead atoms. The molecule has 0 saturated heterocycles. The van der Waals surface area contributed by atoms with Crippen LogP contribution in [0.5, 0.6) is 17.2 Å². The van der Waals surface area contributed by atoms with Crippen molar-refractivity contribution in [2.45, 2.75) is 13.0 Å². The Morgan fingerprint density at radius 1 is 1.29 bits per heavy atom. The van der Waals surface area contributed by atoms with Crippen LogP contribution in [-0.2, 0) is 4.79 Å². The number of aryl methyl sites for hydroxylation is 1. The standard InChI is InChI=1S/C18H18ClNO4/c1-12-8-13(6-7-15(12)19)22-11-18(21)20-9-14-10-23-16-4-2-3-5-17(16)24-14/h2-8,14H,9-11H2,1H3,(H,20,21)/t14-/m1/s1. The van der Waals surface area contributed by atoms with Gasteiger partial charge < -0.3 is 19.5 Å². The number of fused-ring (bicyclic) bond motifs is 1. The largest absolute Gasteiger partial charge is 0.486 e. The van der Waals surface area contributed by atoms with Crippen LogP contribution in [0, 0.1) is 6.92 Å². The Kier molecular flexibility index (Phi) is 5.11. The first-order chi connectivity index (χ1) is 11.6. The lowest BCUT2D eigenvalue weighted by molar-refractivity contribution is -0.123. The van der Waals surface area contributed by atoms with Crippen molar-refractivity contribution in [2.24, 2.45) is 0 Å². The molecule has 5 nitrogen and oxygen atoms in total. The zero-order valence-electron chi connectivity index (χ0n) is 13.3. The Balaban J connectivity index is 1.44. The molecule has 1 aliphatic heterocycles. The molecule has 3 rings (SSSR count). The van der Waals surface area contributed by atoms with E-state index in [1.807, 2.05) is 31.2 Å². The van der Waals surface area contributed by atoms with E-state index in [9.17, 15) is 4.79 Å². The number of carbonyl (C=O) groups excluding carboxylic acids is 1. The molecule has 0 radical (unpaired) electrons. The number of hydrogen-bond acceptors (Lipinski definition) is 4. The lowest BCUT2D eigenvalue weighted by atomic mass is 10.2. The summed E-state index contributed by atoms with van der Waals surface area (Å²) in [5.41, 5.74) is 0.904. The van der Waals surface area contributed by atoms with Crippen molar-refractivity contribution >= 4 is 17.5 Å². The van der Waals surface area contributed by atoms with E-state index < -0.39 is 0 Å². The van der Waals surface area contributed by atoms with Gasteiger partial charge in [-0.05, 0) is 42.8 Å². The van der Waals surface area contributed by atoms with Gasteiger partial charge in [0.2, 0.25) is 0 Å². The molecule has 0 spiro atoms. The minimum absolute atomic E-state index is 0.0642. The van der Waals surface area contributed by atoms with Crippen molar-refractivity contribution in [1.29, 1.82) is 0 Å². The van der Waals surface area contributed by atoms with Gasteiger partial charge in [-0.2, -0.15) is 0 Å². The van der Waals surface area contributed by atoms with Crippen LogP contribution in [0.4, 0.5) is 0 Å². The molecular formula is C18H18ClNO4. The Morgan fingerprint density at radius 3 is 2.88 bits per heavy atom. The Hall–Kier alpha value is -2.40. The normalized spacial score (nSPS) is 15.7. The fourth-order valence-electron chi connectivity index (χ4n) is 2.30. The first-order valence-electron chi connectivity index (χ1n) is 7.66. The summed E-state index contributed by atoms with van der Waals surface area (Å²) in [7, 11) is 0. The summed E-state index contributed by atoms with van der Waals surface area (Å²) in [6.45, 7) is 2.57. The fraction of sp³-hybridized carbons (Fsp3) is 0.278. The molecule has 0 fully saturated rings. The fourth-order valence-corrected chi connectivity index (χ4v) is 2.42. The molecule has 0 aromatic heterocycles. The summed E-state index contributed by atoms with van der Waals surface area (Å²) in [5, 5.41) is 3.45. The van der Waals surface area contributed by atoms with Gasteiger partial charge in [-0.25, -0.2) is 0 Å². The second kappa shape index (κ2) is 7.45. The van der Waals surface area contributed by atoms with Crippen LogP contribution >= 0.6 is 11.6 Å². The number of nitrogens with one attached hydrogen (secondary N) is 1. The highest BCUT2D eigenvalue weighted by atomic mass is 35.5. The zero-order chi connectivity index (χ0) is 16.9. The van der Waals surface area contributed by atoms with Crippen LogP contribution in [0.2, 0.25) is 5.02 Å². The van der Waals surface area contributed by atoms with Crippen molar-refractivity contribution < 1.29 is 19.0 Å². The van der Waals surface area contributed by atoms with Crippen molar-refractivity contribution in [2.75, 3.05) is 19.8 Å². The highest BCUT2D eigenvalue weighted by Crippen LogP contribution is 2.30. The third kappa shape index (κ3) is 4.11. The second-order valence-corrected chi connectivity index (χ2v) is 5.91. The summed E-state index contributed by atoms with van der Waals surface area (Å²) >= 11 is 5.95. The molecule has 1 N–H and O–H groups in total. The van der Waals surface area contributed by atoms with Gasteiger partial charge in [0.1, 0.15) is 18.5 Å². The maximum atomic E-state index is 11.9. The maximum Gasteiger partial charge on any atom is 0.258 e. The quantitative estimate of drug-likeness (QED) is 0.903. The Morgan fingerprint density at radius 2 is 2.08 bits per heavy atom. The van der Waals surface area contributed by atoms with Crippen LogP contribution in [0.1, 0.15) is 5.56 Å². The number of amides is 1. The molecule has 1 atom stereocenters. The smallest absolute Gasteiger partial charge is 0.258 e. The van der Waals surface area contributed by atoms with Gasteiger partial charge >= 0.3 is 0 Å². The average Bonchev–Trinajstić information content (AvgIpc) is 2.60. The predicted octanol–water partition coefficient (Wildman–Crippen LogP) is 2.98. The topological polar surface area (TPSA) is 56.8 Å². The lowest BCUT2D eigenvalue weighted by Crippen LogP contribution is -2.42. The van der Waals surface area contributed by atoms with Gasteiger partial charge in [0.05, 0.1) is 6.54 Å².